The number of benzene rings is 2. The number of hydrogen-bond donors (Lipinski definition) is 1. The van der Waals surface area contributed by atoms with Gasteiger partial charge in [0.1, 0.15) is 6.29 Å². The van der Waals surface area contributed by atoms with Crippen LogP contribution in [0.4, 0.5) is 5.69 Å². The zero-order valence-electron chi connectivity index (χ0n) is 14.4. The fourth-order valence-electron chi connectivity index (χ4n) is 2.36. The molecule has 142 valence electrons. The van der Waals surface area contributed by atoms with Crippen molar-refractivity contribution in [2.24, 2.45) is 0 Å². The first-order valence-electron chi connectivity index (χ1n) is 7.88. The van der Waals surface area contributed by atoms with Crippen LogP contribution in [0.1, 0.15) is 35.8 Å². The summed E-state index contributed by atoms with van der Waals surface area (Å²) in [6.45, 7) is 3.20. The van der Waals surface area contributed by atoms with E-state index in [1.807, 2.05) is 0 Å². The van der Waals surface area contributed by atoms with Crippen LogP contribution in [-0.2, 0) is 4.79 Å². The van der Waals surface area contributed by atoms with Gasteiger partial charge in [0, 0.05) is 21.7 Å². The minimum Gasteiger partial charge on any atom is -0.474 e. The Morgan fingerprint density at radius 2 is 1.93 bits per heavy atom. The average Bonchev–Trinajstić information content (AvgIpc) is 2.61. The van der Waals surface area contributed by atoms with Crippen LogP contribution in [0.25, 0.3) is 0 Å². The molecule has 27 heavy (non-hydrogen) atoms. The zero-order chi connectivity index (χ0) is 20.1. The highest BCUT2D eigenvalue weighted by molar-refractivity contribution is 6.35. The molecule has 0 heterocycles. The van der Waals surface area contributed by atoms with Crippen molar-refractivity contribution in [1.29, 1.82) is 0 Å². The van der Waals surface area contributed by atoms with Crippen LogP contribution in [0, 0.1) is 10.1 Å². The Morgan fingerprint density at radius 1 is 1.22 bits per heavy atom. The number of amides is 1. The van der Waals surface area contributed by atoms with E-state index < -0.39 is 28.7 Å². The Morgan fingerprint density at radius 3 is 2.52 bits per heavy atom. The molecule has 0 saturated heterocycles. The Balaban J connectivity index is 2.11. The molecule has 0 spiro atoms. The van der Waals surface area contributed by atoms with Gasteiger partial charge in [-0.15, -0.1) is 0 Å². The number of halogens is 2. The molecule has 0 fully saturated rings. The number of nitrogens with zero attached hydrogens (tertiary/aromatic N) is 1. The highest BCUT2D eigenvalue weighted by Gasteiger charge is 2.23. The number of carbonyl (C=O) groups is 2. The smallest absolute Gasteiger partial charge is 0.311 e. The van der Waals surface area contributed by atoms with E-state index in [2.05, 4.69) is 5.32 Å². The summed E-state index contributed by atoms with van der Waals surface area (Å²) < 4.78 is 5.43. The van der Waals surface area contributed by atoms with Crippen molar-refractivity contribution in [3.63, 3.8) is 0 Å². The molecule has 0 aliphatic carbocycles. The van der Waals surface area contributed by atoms with E-state index in [1.165, 1.54) is 19.1 Å². The number of carbonyl (C=O) groups excluding carboxylic acids is 2. The standard InChI is InChI=1S/C18H16Cl2N2O5/c1-10(14-5-4-13(19)8-15(14)20)21-18(24)11(2)27-17-6-3-12(9-23)7-16(17)22(25)26/h3-11H,1-2H3,(H,21,24)/t10-,11-/m1/s1. The van der Waals surface area contributed by atoms with Gasteiger partial charge in [0.25, 0.3) is 5.91 Å². The second-order valence-electron chi connectivity index (χ2n) is 5.76. The largest absolute Gasteiger partial charge is 0.474 e. The van der Waals surface area contributed by atoms with Crippen molar-refractivity contribution < 1.29 is 19.2 Å². The summed E-state index contributed by atoms with van der Waals surface area (Å²) in [6, 6.07) is 8.23. The molecular weight excluding hydrogens is 395 g/mol. The van der Waals surface area contributed by atoms with Gasteiger partial charge in [-0.1, -0.05) is 29.3 Å². The molecule has 9 heteroatoms. The van der Waals surface area contributed by atoms with Crippen LogP contribution >= 0.6 is 23.2 Å². The number of aldehydes is 1. The first-order chi connectivity index (χ1) is 12.7. The van der Waals surface area contributed by atoms with Gasteiger partial charge in [0.15, 0.2) is 11.9 Å². The van der Waals surface area contributed by atoms with Crippen molar-refractivity contribution >= 4 is 41.1 Å². The van der Waals surface area contributed by atoms with Crippen LogP contribution in [0.15, 0.2) is 36.4 Å². The number of nitro benzene ring substituents is 1. The Hall–Kier alpha value is -2.64. The molecular formula is C18H16Cl2N2O5. The van der Waals surface area contributed by atoms with Gasteiger partial charge < -0.3 is 10.1 Å². The van der Waals surface area contributed by atoms with Crippen LogP contribution in [0.3, 0.4) is 0 Å². The van der Waals surface area contributed by atoms with Crippen molar-refractivity contribution in [1.82, 2.24) is 5.32 Å². The maximum absolute atomic E-state index is 12.4. The molecule has 2 rings (SSSR count). The molecule has 0 saturated carbocycles. The molecule has 2 aromatic carbocycles. The molecule has 0 aliphatic rings. The third kappa shape index (κ3) is 5.18. The summed E-state index contributed by atoms with van der Waals surface area (Å²) in [4.78, 5) is 33.6. The zero-order valence-corrected chi connectivity index (χ0v) is 16.0. The average molecular weight is 411 g/mol. The Kier molecular flexibility index (Phi) is 6.76. The lowest BCUT2D eigenvalue weighted by molar-refractivity contribution is -0.386. The van der Waals surface area contributed by atoms with E-state index in [1.54, 1.807) is 25.1 Å². The number of hydrogen-bond acceptors (Lipinski definition) is 5. The lowest BCUT2D eigenvalue weighted by atomic mass is 10.1. The van der Waals surface area contributed by atoms with Crippen LogP contribution in [0.2, 0.25) is 10.0 Å². The molecule has 1 amide bonds. The van der Waals surface area contributed by atoms with Gasteiger partial charge in [-0.2, -0.15) is 0 Å². The Labute approximate surface area is 165 Å². The van der Waals surface area contributed by atoms with E-state index in [0.29, 0.717) is 21.9 Å². The quantitative estimate of drug-likeness (QED) is 0.415. The van der Waals surface area contributed by atoms with Gasteiger partial charge in [-0.25, -0.2) is 0 Å². The minimum absolute atomic E-state index is 0.106. The molecule has 0 unspecified atom stereocenters. The maximum atomic E-state index is 12.4. The summed E-state index contributed by atoms with van der Waals surface area (Å²) in [5.74, 6) is -0.590. The van der Waals surface area contributed by atoms with Crippen molar-refractivity contribution in [2.45, 2.75) is 26.0 Å². The van der Waals surface area contributed by atoms with Gasteiger partial charge in [-0.05, 0) is 43.7 Å². The summed E-state index contributed by atoms with van der Waals surface area (Å²) in [6.07, 6.45) is -0.524. The number of nitro groups is 1. The van der Waals surface area contributed by atoms with E-state index in [-0.39, 0.29) is 11.3 Å². The summed E-state index contributed by atoms with van der Waals surface area (Å²) in [5.41, 5.74) is 0.410. The van der Waals surface area contributed by atoms with Gasteiger partial charge in [0.05, 0.1) is 11.0 Å². The predicted octanol–water partition coefficient (Wildman–Crippen LogP) is 4.36. The number of ether oxygens (including phenoxy) is 1. The second kappa shape index (κ2) is 8.83. The van der Waals surface area contributed by atoms with E-state index >= 15 is 0 Å². The molecule has 0 aliphatic heterocycles. The van der Waals surface area contributed by atoms with Gasteiger partial charge in [-0.3, -0.25) is 19.7 Å². The Bertz CT molecular complexity index is 888. The number of rotatable bonds is 7. The van der Waals surface area contributed by atoms with Crippen molar-refractivity contribution in [3.8, 4) is 5.75 Å². The van der Waals surface area contributed by atoms with Crippen LogP contribution in [0.5, 0.6) is 5.75 Å². The number of nitrogens with one attached hydrogen (secondary N) is 1. The van der Waals surface area contributed by atoms with Gasteiger partial charge in [0.2, 0.25) is 0 Å². The molecule has 2 atom stereocenters. The minimum atomic E-state index is -1.01. The fourth-order valence-corrected chi connectivity index (χ4v) is 2.93. The highest BCUT2D eigenvalue weighted by atomic mass is 35.5. The molecule has 0 aromatic heterocycles. The molecule has 0 bridgehead atoms. The molecule has 1 N–H and O–H groups in total. The second-order valence-corrected chi connectivity index (χ2v) is 6.60. The van der Waals surface area contributed by atoms with Gasteiger partial charge >= 0.3 is 5.69 Å². The van der Waals surface area contributed by atoms with Crippen LogP contribution < -0.4 is 10.1 Å². The lowest BCUT2D eigenvalue weighted by Gasteiger charge is -2.20. The third-order valence-corrected chi connectivity index (χ3v) is 4.34. The molecule has 7 nitrogen and oxygen atoms in total. The monoisotopic (exact) mass is 410 g/mol. The van der Waals surface area contributed by atoms with Crippen molar-refractivity contribution in [3.05, 3.63) is 67.7 Å². The highest BCUT2D eigenvalue weighted by Crippen LogP contribution is 2.29. The SMILES string of the molecule is C[C@@H](Oc1ccc(C=O)cc1[N+](=O)[O-])C(=O)N[C@H](C)c1ccc(Cl)cc1Cl. The van der Waals surface area contributed by atoms with Crippen LogP contribution in [-0.4, -0.2) is 23.2 Å². The molecule has 0 radical (unpaired) electrons. The summed E-state index contributed by atoms with van der Waals surface area (Å²) in [7, 11) is 0. The predicted molar refractivity (Wildman–Crippen MR) is 102 cm³/mol. The lowest BCUT2D eigenvalue weighted by Crippen LogP contribution is -2.38. The normalized spacial score (nSPS) is 12.7. The summed E-state index contributed by atoms with van der Waals surface area (Å²) >= 11 is 12.0. The maximum Gasteiger partial charge on any atom is 0.311 e. The van der Waals surface area contributed by atoms with E-state index in [4.69, 9.17) is 27.9 Å². The van der Waals surface area contributed by atoms with E-state index in [0.717, 1.165) is 6.07 Å². The van der Waals surface area contributed by atoms with E-state index in [9.17, 15) is 19.7 Å². The summed E-state index contributed by atoms with van der Waals surface area (Å²) in [5, 5.41) is 14.8. The van der Waals surface area contributed by atoms with Crippen molar-refractivity contribution in [2.75, 3.05) is 0 Å². The third-order valence-electron chi connectivity index (χ3n) is 3.78. The first kappa shape index (κ1) is 20.7. The first-order valence-corrected chi connectivity index (χ1v) is 8.64. The fraction of sp³-hybridized carbons (Fsp3) is 0.222. The molecule has 2 aromatic rings. The topological polar surface area (TPSA) is 98.5 Å².